The minimum absolute atomic E-state index is 0.0901. The summed E-state index contributed by atoms with van der Waals surface area (Å²) in [4.78, 5) is 0. The van der Waals surface area contributed by atoms with Gasteiger partial charge in [0.05, 0.1) is 0 Å². The van der Waals surface area contributed by atoms with Gasteiger partial charge in [-0.05, 0) is 0 Å². The first-order valence-electron chi connectivity index (χ1n) is 2.47. The predicted octanol–water partition coefficient (Wildman–Crippen LogP) is 0.362. The molecule has 0 saturated carbocycles. The molecule has 0 aromatic heterocycles. The second kappa shape index (κ2) is 5.72. The molecule has 0 bridgehead atoms. The van der Waals surface area contributed by atoms with Gasteiger partial charge in [0.15, 0.2) is 0 Å². The highest BCUT2D eigenvalue weighted by molar-refractivity contribution is 6.93. The van der Waals surface area contributed by atoms with E-state index < -0.39 is 0 Å². The highest BCUT2D eigenvalue weighted by atomic mass is 35.6. The Morgan fingerprint density at radius 3 is 2.33 bits per heavy atom. The monoisotopic (exact) mass is 138 g/mol. The molecule has 0 unspecified atom stereocenters. The fourth-order valence-corrected chi connectivity index (χ4v) is 4.80. The molecule has 0 heterocycles. The number of rotatable bonds is 3. The van der Waals surface area contributed by atoms with Crippen molar-refractivity contribution in [1.82, 2.24) is 0 Å². The minimum atomic E-state index is -0.0901. The van der Waals surface area contributed by atoms with E-state index >= 15 is 0 Å². The van der Waals surface area contributed by atoms with Crippen LogP contribution in [0.2, 0.25) is 18.6 Å². The molecule has 38 valence electrons. The van der Waals surface area contributed by atoms with Gasteiger partial charge in [-0.25, -0.2) is 0 Å². The van der Waals surface area contributed by atoms with Crippen molar-refractivity contribution in [3.8, 4) is 0 Å². The van der Waals surface area contributed by atoms with Crippen LogP contribution in [0.3, 0.4) is 0 Å². The van der Waals surface area contributed by atoms with Gasteiger partial charge in [0, 0.05) is 9.52 Å². The van der Waals surface area contributed by atoms with Gasteiger partial charge in [0.2, 0.25) is 0 Å². The van der Waals surface area contributed by atoms with Crippen LogP contribution in [0.5, 0.6) is 0 Å². The Bertz CT molecular complexity index is 20.8. The zero-order valence-corrected chi connectivity index (χ0v) is 7.79. The summed E-state index contributed by atoms with van der Waals surface area (Å²) in [6.07, 6.45) is 0. The Labute approximate surface area is 48.6 Å². The fraction of sp³-hybridized carbons (Fsp3) is 1.00. The zero-order valence-electron chi connectivity index (χ0n) is 4.21. The third-order valence-electron chi connectivity index (χ3n) is 0.737. The van der Waals surface area contributed by atoms with Gasteiger partial charge >= 0.3 is 0 Å². The number of hydrogen-bond donors (Lipinski definition) is 0. The molecular weight excluding hydrogens is 128 g/mol. The van der Waals surface area contributed by atoms with E-state index in [1.807, 2.05) is 0 Å². The van der Waals surface area contributed by atoms with Crippen molar-refractivity contribution in [3.05, 3.63) is 0 Å². The quantitative estimate of drug-likeness (QED) is 0.300. The average Bonchev–Trinajstić information content (AvgIpc) is 1.61. The molecule has 0 radical (unpaired) electrons. The van der Waals surface area contributed by atoms with Crippen LogP contribution in [0.15, 0.2) is 0 Å². The molecule has 0 aliphatic rings. The first-order valence-corrected chi connectivity index (χ1v) is 8.03. The third kappa shape index (κ3) is 4.72. The van der Waals surface area contributed by atoms with E-state index in [1.54, 1.807) is 0 Å². The SMILES string of the molecule is C[SiH2]CC[SiH2]Cl. The maximum absolute atomic E-state index is 5.54. The predicted molar refractivity (Wildman–Crippen MR) is 38.4 cm³/mol. The summed E-state index contributed by atoms with van der Waals surface area (Å²) in [6, 6.07) is 2.86. The largest absolute Gasteiger partial charge is 0.176 e. The van der Waals surface area contributed by atoms with Crippen LogP contribution in [0.25, 0.3) is 0 Å². The van der Waals surface area contributed by atoms with Crippen molar-refractivity contribution in [1.29, 1.82) is 0 Å². The molecule has 0 N–H and O–H groups in total. The molecule has 0 aliphatic carbocycles. The average molecular weight is 139 g/mol. The molecule has 6 heavy (non-hydrogen) atoms. The summed E-state index contributed by atoms with van der Waals surface area (Å²) < 4.78 is 0. The van der Waals surface area contributed by atoms with Crippen LogP contribution in [0.1, 0.15) is 0 Å². The van der Waals surface area contributed by atoms with Crippen molar-refractivity contribution in [2.75, 3.05) is 0 Å². The Morgan fingerprint density at radius 1 is 1.50 bits per heavy atom. The van der Waals surface area contributed by atoms with Crippen LogP contribution in [0.4, 0.5) is 0 Å². The lowest BCUT2D eigenvalue weighted by Crippen LogP contribution is -1.81. The lowest BCUT2D eigenvalue weighted by Gasteiger charge is -1.82. The lowest BCUT2D eigenvalue weighted by molar-refractivity contribution is 1.43. The summed E-state index contributed by atoms with van der Waals surface area (Å²) in [5, 5.41) is 0. The van der Waals surface area contributed by atoms with Crippen LogP contribution < -0.4 is 0 Å². The maximum atomic E-state index is 5.54. The number of halogens is 1. The van der Waals surface area contributed by atoms with Crippen LogP contribution in [-0.4, -0.2) is 18.3 Å². The van der Waals surface area contributed by atoms with E-state index in [0.717, 1.165) is 0 Å². The van der Waals surface area contributed by atoms with Gasteiger partial charge in [0.25, 0.3) is 0 Å². The second-order valence-electron chi connectivity index (χ2n) is 1.40. The highest BCUT2D eigenvalue weighted by Gasteiger charge is 1.79. The third-order valence-corrected chi connectivity index (χ3v) is 4.51. The second-order valence-corrected chi connectivity index (χ2v) is 5.32. The first kappa shape index (κ1) is 6.72. The minimum Gasteiger partial charge on any atom is -0.176 e. The van der Waals surface area contributed by atoms with Crippen molar-refractivity contribution < 1.29 is 0 Å². The topological polar surface area (TPSA) is 0 Å². The summed E-state index contributed by atoms with van der Waals surface area (Å²) in [6.45, 7) is 2.33. The molecule has 0 aromatic carbocycles. The van der Waals surface area contributed by atoms with E-state index in [1.165, 1.54) is 12.1 Å². The van der Waals surface area contributed by atoms with E-state index in [2.05, 4.69) is 6.55 Å². The molecule has 0 rings (SSSR count). The molecular formula is C3H11ClSi2. The van der Waals surface area contributed by atoms with E-state index in [-0.39, 0.29) is 8.83 Å². The van der Waals surface area contributed by atoms with E-state index in [9.17, 15) is 0 Å². The van der Waals surface area contributed by atoms with Crippen molar-refractivity contribution in [2.45, 2.75) is 18.6 Å². The van der Waals surface area contributed by atoms with Crippen molar-refractivity contribution in [2.24, 2.45) is 0 Å². The van der Waals surface area contributed by atoms with Crippen molar-refractivity contribution >= 4 is 29.4 Å². The van der Waals surface area contributed by atoms with E-state index in [0.29, 0.717) is 9.52 Å². The van der Waals surface area contributed by atoms with Crippen LogP contribution >= 0.6 is 11.1 Å². The molecule has 3 heteroatoms. The summed E-state index contributed by atoms with van der Waals surface area (Å²) in [5.74, 6) is 0. The van der Waals surface area contributed by atoms with Crippen LogP contribution in [0, 0.1) is 0 Å². The molecule has 0 spiro atoms. The maximum Gasteiger partial charge on any atom is 0.125 e. The smallest absolute Gasteiger partial charge is 0.125 e. The molecule has 0 amide bonds. The van der Waals surface area contributed by atoms with E-state index in [4.69, 9.17) is 11.1 Å². The molecule has 0 atom stereocenters. The standard InChI is InChI=1S/C3H11ClSi2/c1-5-2-3-6-4/h2-3,5-6H2,1H3. The molecule has 0 aromatic rings. The Balaban J connectivity index is 2.34. The lowest BCUT2D eigenvalue weighted by atomic mass is 11.0. The van der Waals surface area contributed by atoms with Crippen molar-refractivity contribution in [3.63, 3.8) is 0 Å². The fourth-order valence-electron chi connectivity index (χ4n) is 0.344. The zero-order chi connectivity index (χ0) is 4.83. The van der Waals surface area contributed by atoms with Crippen LogP contribution in [-0.2, 0) is 0 Å². The van der Waals surface area contributed by atoms with Gasteiger partial charge in [-0.15, -0.1) is 0 Å². The first-order chi connectivity index (χ1) is 2.91. The highest BCUT2D eigenvalue weighted by Crippen LogP contribution is 1.88. The summed E-state index contributed by atoms with van der Waals surface area (Å²) in [7, 11) is 0.263. The number of hydrogen-bond acceptors (Lipinski definition) is 0. The molecule has 0 nitrogen and oxygen atoms in total. The van der Waals surface area contributed by atoms with Gasteiger partial charge in [-0.1, -0.05) is 18.6 Å². The van der Waals surface area contributed by atoms with Gasteiger partial charge in [-0.2, -0.15) is 11.1 Å². The Kier molecular flexibility index (Phi) is 6.41. The van der Waals surface area contributed by atoms with Gasteiger partial charge in [0.1, 0.15) is 8.83 Å². The Hall–Kier alpha value is 0.724. The molecule has 0 fully saturated rings. The summed E-state index contributed by atoms with van der Waals surface area (Å²) >= 11 is 5.54. The Morgan fingerprint density at radius 2 is 2.17 bits per heavy atom. The summed E-state index contributed by atoms with van der Waals surface area (Å²) in [5.41, 5.74) is 0. The van der Waals surface area contributed by atoms with Gasteiger partial charge in [-0.3, -0.25) is 0 Å². The molecule has 0 aliphatic heterocycles. The normalized spacial score (nSPS) is 13.0. The van der Waals surface area contributed by atoms with Gasteiger partial charge < -0.3 is 0 Å². The molecule has 0 saturated heterocycles.